The molecule has 3 heteroatoms. The van der Waals surface area contributed by atoms with Crippen molar-refractivity contribution in [2.45, 2.75) is 13.8 Å². The van der Waals surface area contributed by atoms with Gasteiger partial charge in [0.1, 0.15) is 11.5 Å². The molecule has 2 aromatic rings. The molecule has 0 amide bonds. The van der Waals surface area contributed by atoms with Gasteiger partial charge in [-0.2, -0.15) is 5.26 Å². The van der Waals surface area contributed by atoms with Gasteiger partial charge in [0.25, 0.3) is 0 Å². The van der Waals surface area contributed by atoms with Crippen molar-refractivity contribution in [3.63, 3.8) is 0 Å². The Morgan fingerprint density at radius 1 is 1.28 bits per heavy atom. The zero-order chi connectivity index (χ0) is 14.0. The minimum absolute atomic E-state index is 0.200. The van der Waals surface area contributed by atoms with Gasteiger partial charge in [0.15, 0.2) is 0 Å². The Balaban J connectivity index is 2.40. The number of aryl methyl sites for hydroxylation is 2. The topological polar surface area (TPSA) is 33.0 Å². The largest absolute Gasteiger partial charge is 0.456 e. The maximum absolute atomic E-state index is 8.78. The summed E-state index contributed by atoms with van der Waals surface area (Å²) in [5.74, 6) is 1.13. The molecule has 0 unspecified atom stereocenters. The van der Waals surface area contributed by atoms with Crippen LogP contribution in [-0.2, 0) is 0 Å². The van der Waals surface area contributed by atoms with Gasteiger partial charge in [-0.25, -0.2) is 0 Å². The third-order valence-electron chi connectivity index (χ3n) is 2.50. The van der Waals surface area contributed by atoms with E-state index in [1.54, 1.807) is 12.1 Å². The minimum Gasteiger partial charge on any atom is -0.456 e. The molecule has 0 aliphatic heterocycles. The van der Waals surface area contributed by atoms with Crippen LogP contribution in [-0.4, -0.2) is 0 Å². The molecule has 0 fully saturated rings. The van der Waals surface area contributed by atoms with Crippen LogP contribution in [0.5, 0.6) is 11.5 Å². The molecule has 90 valence electrons. The SMILES string of the molecule is [2H]c1cc(C#N)ccc1Oc1c(C)cc(C)cc1Br. The average molecular weight is 303 g/mol. The second-order valence-electron chi connectivity index (χ2n) is 4.05. The number of hydrogen-bond donors (Lipinski definition) is 0. The molecule has 0 saturated carbocycles. The van der Waals surface area contributed by atoms with Crippen molar-refractivity contribution < 1.29 is 6.11 Å². The first kappa shape index (κ1) is 11.3. The fourth-order valence-corrected chi connectivity index (χ4v) is 2.44. The first-order valence-electron chi connectivity index (χ1n) is 5.96. The van der Waals surface area contributed by atoms with E-state index in [0.29, 0.717) is 17.1 Å². The highest BCUT2D eigenvalue weighted by molar-refractivity contribution is 9.10. The molecular weight excluding hydrogens is 290 g/mol. The molecule has 18 heavy (non-hydrogen) atoms. The zero-order valence-corrected chi connectivity index (χ0v) is 11.7. The number of halogens is 1. The van der Waals surface area contributed by atoms with Crippen LogP contribution in [0.2, 0.25) is 0 Å². The van der Waals surface area contributed by atoms with E-state index in [0.717, 1.165) is 15.6 Å². The predicted molar refractivity (Wildman–Crippen MR) is 74.8 cm³/mol. The van der Waals surface area contributed by atoms with Crippen molar-refractivity contribution in [3.05, 3.63) is 57.5 Å². The average Bonchev–Trinajstić information content (AvgIpc) is 2.35. The van der Waals surface area contributed by atoms with Gasteiger partial charge in [-0.05, 0) is 71.2 Å². The molecule has 2 nitrogen and oxygen atoms in total. The van der Waals surface area contributed by atoms with Crippen molar-refractivity contribution in [1.29, 1.82) is 5.26 Å². The van der Waals surface area contributed by atoms with Crippen molar-refractivity contribution >= 4 is 15.9 Å². The predicted octanol–water partition coefficient (Wildman–Crippen LogP) is 4.73. The Morgan fingerprint density at radius 2 is 2.06 bits per heavy atom. The second kappa shape index (κ2) is 5.24. The van der Waals surface area contributed by atoms with E-state index in [9.17, 15) is 0 Å². The summed E-state index contributed by atoms with van der Waals surface area (Å²) in [5, 5.41) is 8.78. The zero-order valence-electron chi connectivity index (χ0n) is 11.1. The summed E-state index contributed by atoms with van der Waals surface area (Å²) in [6, 6.07) is 11.0. The first-order chi connectivity index (χ1) is 9.01. The lowest BCUT2D eigenvalue weighted by molar-refractivity contribution is 0.475. The van der Waals surface area contributed by atoms with Crippen molar-refractivity contribution in [3.8, 4) is 17.6 Å². The van der Waals surface area contributed by atoms with Crippen LogP contribution < -0.4 is 4.74 Å². The van der Waals surface area contributed by atoms with E-state index in [4.69, 9.17) is 11.4 Å². The lowest BCUT2D eigenvalue weighted by atomic mass is 10.1. The van der Waals surface area contributed by atoms with E-state index >= 15 is 0 Å². The molecule has 0 bridgehead atoms. The molecule has 0 aromatic heterocycles. The molecule has 0 radical (unpaired) electrons. The molecule has 2 aromatic carbocycles. The highest BCUT2D eigenvalue weighted by atomic mass is 79.9. The molecule has 0 heterocycles. The number of ether oxygens (including phenoxy) is 1. The van der Waals surface area contributed by atoms with Gasteiger partial charge in [0.05, 0.1) is 17.5 Å². The number of benzene rings is 2. The van der Waals surface area contributed by atoms with Gasteiger partial charge in [-0.1, -0.05) is 6.07 Å². The van der Waals surface area contributed by atoms with Gasteiger partial charge in [0, 0.05) is 0 Å². The van der Waals surface area contributed by atoms with E-state index in [2.05, 4.69) is 15.9 Å². The van der Waals surface area contributed by atoms with Gasteiger partial charge in [0.2, 0.25) is 0 Å². The highest BCUT2D eigenvalue weighted by Gasteiger charge is 2.07. The summed E-state index contributed by atoms with van der Waals surface area (Å²) in [7, 11) is 0. The molecule has 0 aliphatic rings. The summed E-state index contributed by atoms with van der Waals surface area (Å²) in [6.07, 6.45) is 0. The number of nitriles is 1. The number of hydrogen-bond acceptors (Lipinski definition) is 2. The van der Waals surface area contributed by atoms with Crippen LogP contribution in [0.25, 0.3) is 0 Å². The molecule has 0 spiro atoms. The van der Waals surface area contributed by atoms with Gasteiger partial charge >= 0.3 is 0 Å². The third kappa shape index (κ3) is 2.72. The minimum atomic E-state index is 0.200. The summed E-state index contributed by atoms with van der Waals surface area (Å²) in [6.45, 7) is 3.97. The smallest absolute Gasteiger partial charge is 0.144 e. The fourth-order valence-electron chi connectivity index (χ4n) is 1.69. The Bertz CT molecular complexity index is 653. The number of rotatable bonds is 2. The van der Waals surface area contributed by atoms with Crippen LogP contribution >= 0.6 is 15.9 Å². The fraction of sp³-hybridized carbons (Fsp3) is 0.133. The Hall–Kier alpha value is -1.79. The van der Waals surface area contributed by atoms with E-state index in [1.165, 1.54) is 6.07 Å². The van der Waals surface area contributed by atoms with Crippen LogP contribution in [0, 0.1) is 25.2 Å². The molecule has 2 rings (SSSR count). The van der Waals surface area contributed by atoms with Crippen molar-refractivity contribution in [2.24, 2.45) is 0 Å². The van der Waals surface area contributed by atoms with Crippen LogP contribution in [0.4, 0.5) is 0 Å². The van der Waals surface area contributed by atoms with Gasteiger partial charge in [-0.15, -0.1) is 0 Å². The Kier molecular flexibility index (Phi) is 3.29. The van der Waals surface area contributed by atoms with Gasteiger partial charge < -0.3 is 4.74 Å². The molecule has 0 N–H and O–H groups in total. The summed E-state index contributed by atoms with van der Waals surface area (Å²) in [5.41, 5.74) is 2.59. The summed E-state index contributed by atoms with van der Waals surface area (Å²) in [4.78, 5) is 0. The first-order valence-corrected chi connectivity index (χ1v) is 6.26. The Labute approximate surface area is 116 Å². The van der Waals surface area contributed by atoms with Crippen LogP contribution in [0.1, 0.15) is 18.1 Å². The maximum Gasteiger partial charge on any atom is 0.144 e. The molecule has 0 saturated heterocycles. The Morgan fingerprint density at radius 3 is 2.67 bits per heavy atom. The summed E-state index contributed by atoms with van der Waals surface area (Å²) < 4.78 is 14.5. The van der Waals surface area contributed by atoms with E-state index in [1.807, 2.05) is 32.0 Å². The summed E-state index contributed by atoms with van der Waals surface area (Å²) >= 11 is 3.47. The van der Waals surface area contributed by atoms with Gasteiger partial charge in [-0.3, -0.25) is 0 Å². The molecule has 0 aliphatic carbocycles. The highest BCUT2D eigenvalue weighted by Crippen LogP contribution is 2.33. The van der Waals surface area contributed by atoms with Crippen molar-refractivity contribution in [2.75, 3.05) is 0 Å². The third-order valence-corrected chi connectivity index (χ3v) is 3.09. The number of nitrogens with zero attached hydrogens (tertiary/aromatic N) is 1. The molecule has 0 atom stereocenters. The monoisotopic (exact) mass is 302 g/mol. The van der Waals surface area contributed by atoms with Crippen molar-refractivity contribution in [1.82, 2.24) is 0 Å². The lowest BCUT2D eigenvalue weighted by Crippen LogP contribution is -1.90. The second-order valence-corrected chi connectivity index (χ2v) is 4.90. The van der Waals surface area contributed by atoms with E-state index < -0.39 is 0 Å². The van der Waals surface area contributed by atoms with E-state index in [-0.39, 0.29) is 6.04 Å². The van der Waals surface area contributed by atoms with Crippen LogP contribution in [0.3, 0.4) is 0 Å². The lowest BCUT2D eigenvalue weighted by Gasteiger charge is -2.11. The molecular formula is C15H12BrNO. The standard InChI is InChI=1S/C15H12BrNO/c1-10-7-11(2)15(14(16)8-10)18-13-5-3-12(9-17)4-6-13/h3-8H,1-2H3/i5D. The quantitative estimate of drug-likeness (QED) is 0.803. The normalized spacial score (nSPS) is 10.7. The van der Waals surface area contributed by atoms with Crippen LogP contribution in [0.15, 0.2) is 40.8 Å². The maximum atomic E-state index is 8.78.